The summed E-state index contributed by atoms with van der Waals surface area (Å²) in [5, 5.41) is 10.8. The summed E-state index contributed by atoms with van der Waals surface area (Å²) in [7, 11) is 0. The van der Waals surface area contributed by atoms with Gasteiger partial charge in [-0.3, -0.25) is 14.6 Å². The van der Waals surface area contributed by atoms with E-state index < -0.39 is 11.2 Å². The van der Waals surface area contributed by atoms with Gasteiger partial charge in [0.15, 0.2) is 0 Å². The summed E-state index contributed by atoms with van der Waals surface area (Å²) in [5.74, 6) is 0.202. The molecular weight excluding hydrogens is 382 g/mol. The van der Waals surface area contributed by atoms with Crippen LogP contribution in [0, 0.1) is 13.8 Å². The predicted molar refractivity (Wildman–Crippen MR) is 103 cm³/mol. The predicted octanol–water partition coefficient (Wildman–Crippen LogP) is 1.06. The third-order valence-electron chi connectivity index (χ3n) is 3.97. The molecule has 0 unspecified atom stereocenters. The fraction of sp³-hybridized carbons (Fsp3) is 0.278. The Balaban J connectivity index is 1.52. The van der Waals surface area contributed by atoms with E-state index in [1.54, 1.807) is 6.92 Å². The number of nitrogens with zero attached hydrogens (tertiary/aromatic N) is 2. The first-order valence-corrected chi connectivity index (χ1v) is 9.49. The summed E-state index contributed by atoms with van der Waals surface area (Å²) in [6.07, 6.45) is 0.0884. The van der Waals surface area contributed by atoms with Crippen molar-refractivity contribution in [3.63, 3.8) is 0 Å². The summed E-state index contributed by atoms with van der Waals surface area (Å²) in [4.78, 5) is 39.8. The molecule has 3 N–H and O–H groups in total. The number of thioether (sulfide) groups is 1. The molecule has 0 fully saturated rings. The summed E-state index contributed by atoms with van der Waals surface area (Å²) in [6.45, 7) is 4.08. The second kappa shape index (κ2) is 8.70. The van der Waals surface area contributed by atoms with Crippen LogP contribution < -0.4 is 16.6 Å². The molecule has 10 heteroatoms. The number of carbonyl (C=O) groups excluding carboxylic acids is 1. The molecule has 1 amide bonds. The molecule has 0 saturated carbocycles. The van der Waals surface area contributed by atoms with Gasteiger partial charge >= 0.3 is 5.69 Å². The molecule has 2 heterocycles. The fourth-order valence-corrected chi connectivity index (χ4v) is 3.05. The molecule has 0 aliphatic heterocycles. The van der Waals surface area contributed by atoms with Crippen LogP contribution in [0.25, 0.3) is 0 Å². The molecular formula is C18H19N5O4S. The molecule has 3 rings (SSSR count). The number of nitrogens with one attached hydrogen (secondary N) is 3. The Morgan fingerprint density at radius 1 is 1.14 bits per heavy atom. The maximum absolute atomic E-state index is 12.0. The van der Waals surface area contributed by atoms with Crippen LogP contribution in [0.15, 0.2) is 43.5 Å². The Hall–Kier alpha value is -3.14. The number of aromatic amines is 2. The topological polar surface area (TPSA) is 134 Å². The molecule has 2 aromatic heterocycles. The summed E-state index contributed by atoms with van der Waals surface area (Å²) >= 11 is 1.11. The summed E-state index contributed by atoms with van der Waals surface area (Å²) in [5.41, 5.74) is 1.91. The molecule has 1 aromatic carbocycles. The average Bonchev–Trinajstić information content (AvgIpc) is 3.10. The van der Waals surface area contributed by atoms with Gasteiger partial charge in [0.25, 0.3) is 10.8 Å². The maximum Gasteiger partial charge on any atom is 0.325 e. The highest BCUT2D eigenvalue weighted by molar-refractivity contribution is 7.99. The Morgan fingerprint density at radius 2 is 1.89 bits per heavy atom. The average molecular weight is 401 g/mol. The minimum absolute atomic E-state index is 0.0884. The van der Waals surface area contributed by atoms with E-state index in [9.17, 15) is 14.4 Å². The van der Waals surface area contributed by atoms with E-state index in [4.69, 9.17) is 4.42 Å². The van der Waals surface area contributed by atoms with Crippen LogP contribution in [0.1, 0.15) is 28.3 Å². The fourth-order valence-electron chi connectivity index (χ4n) is 2.44. The molecule has 0 atom stereocenters. The van der Waals surface area contributed by atoms with Gasteiger partial charge in [-0.05, 0) is 19.4 Å². The first-order valence-electron chi connectivity index (χ1n) is 8.50. The van der Waals surface area contributed by atoms with Gasteiger partial charge in [-0.1, -0.05) is 41.6 Å². The Kier molecular flexibility index (Phi) is 6.09. The van der Waals surface area contributed by atoms with Gasteiger partial charge in [-0.15, -0.1) is 10.2 Å². The van der Waals surface area contributed by atoms with Crippen molar-refractivity contribution >= 4 is 17.7 Å². The largest absolute Gasteiger partial charge is 0.416 e. The SMILES string of the molecule is Cc1ccc(CNC(=O)CSc2nnc(Cc3c(C)[nH]c(=O)[nH]c3=O)o2)cc1. The highest BCUT2D eigenvalue weighted by Crippen LogP contribution is 2.17. The second-order valence-electron chi connectivity index (χ2n) is 6.20. The van der Waals surface area contributed by atoms with Gasteiger partial charge in [0.1, 0.15) is 0 Å². The normalized spacial score (nSPS) is 10.8. The van der Waals surface area contributed by atoms with Crippen LogP contribution in [-0.2, 0) is 17.8 Å². The molecule has 146 valence electrons. The van der Waals surface area contributed by atoms with E-state index in [1.165, 1.54) is 0 Å². The zero-order valence-electron chi connectivity index (χ0n) is 15.4. The van der Waals surface area contributed by atoms with E-state index in [2.05, 4.69) is 25.5 Å². The number of benzene rings is 1. The standard InChI is InChI=1S/C18H19N5O4S/c1-10-3-5-12(6-4-10)8-19-14(24)9-28-18-23-22-15(27-18)7-13-11(2)20-17(26)21-16(13)25/h3-6H,7-9H2,1-2H3,(H,19,24)(H2,20,21,25,26). The lowest BCUT2D eigenvalue weighted by Gasteiger charge is -2.04. The van der Waals surface area contributed by atoms with Gasteiger partial charge in [-0.2, -0.15) is 0 Å². The van der Waals surface area contributed by atoms with Crippen LogP contribution in [0.5, 0.6) is 0 Å². The molecule has 0 aliphatic carbocycles. The minimum atomic E-state index is -0.565. The van der Waals surface area contributed by atoms with Crippen molar-refractivity contribution < 1.29 is 9.21 Å². The maximum atomic E-state index is 12.0. The number of rotatable bonds is 7. The highest BCUT2D eigenvalue weighted by atomic mass is 32.2. The van der Waals surface area contributed by atoms with Gasteiger partial charge in [0.05, 0.1) is 12.2 Å². The van der Waals surface area contributed by atoms with Crippen LogP contribution >= 0.6 is 11.8 Å². The number of hydrogen-bond donors (Lipinski definition) is 3. The molecule has 0 radical (unpaired) electrons. The van der Waals surface area contributed by atoms with E-state index in [0.717, 1.165) is 22.9 Å². The monoisotopic (exact) mass is 401 g/mol. The molecule has 3 aromatic rings. The van der Waals surface area contributed by atoms with Gasteiger partial charge in [0, 0.05) is 17.8 Å². The molecule has 0 spiro atoms. The van der Waals surface area contributed by atoms with Crippen molar-refractivity contribution in [2.75, 3.05) is 5.75 Å². The lowest BCUT2D eigenvalue weighted by Crippen LogP contribution is -2.27. The number of amides is 1. The summed E-state index contributed by atoms with van der Waals surface area (Å²) in [6, 6.07) is 7.91. The Labute approximate surface area is 164 Å². The molecule has 9 nitrogen and oxygen atoms in total. The van der Waals surface area contributed by atoms with Gasteiger partial charge in [-0.25, -0.2) is 4.79 Å². The van der Waals surface area contributed by atoms with Crippen molar-refractivity contribution in [3.05, 3.63) is 73.4 Å². The molecule has 0 aliphatic rings. The zero-order valence-corrected chi connectivity index (χ0v) is 16.2. The van der Waals surface area contributed by atoms with Crippen molar-refractivity contribution in [2.24, 2.45) is 0 Å². The quantitative estimate of drug-likeness (QED) is 0.504. The summed E-state index contributed by atoms with van der Waals surface area (Å²) < 4.78 is 5.47. The molecule has 0 bridgehead atoms. The van der Waals surface area contributed by atoms with Crippen molar-refractivity contribution in [1.29, 1.82) is 0 Å². The van der Waals surface area contributed by atoms with E-state index in [1.807, 2.05) is 31.2 Å². The minimum Gasteiger partial charge on any atom is -0.416 e. The number of carbonyl (C=O) groups is 1. The first-order chi connectivity index (χ1) is 13.4. The van der Waals surface area contributed by atoms with Gasteiger partial charge in [0.2, 0.25) is 11.8 Å². The van der Waals surface area contributed by atoms with Crippen LogP contribution in [-0.4, -0.2) is 31.8 Å². The Morgan fingerprint density at radius 3 is 2.61 bits per heavy atom. The smallest absolute Gasteiger partial charge is 0.325 e. The third kappa shape index (κ3) is 5.19. The van der Waals surface area contributed by atoms with Gasteiger partial charge < -0.3 is 14.7 Å². The number of aromatic nitrogens is 4. The van der Waals surface area contributed by atoms with E-state index >= 15 is 0 Å². The van der Waals surface area contributed by atoms with Crippen molar-refractivity contribution in [1.82, 2.24) is 25.5 Å². The highest BCUT2D eigenvalue weighted by Gasteiger charge is 2.14. The number of aryl methyl sites for hydroxylation is 2. The lowest BCUT2D eigenvalue weighted by atomic mass is 10.1. The molecule has 0 saturated heterocycles. The van der Waals surface area contributed by atoms with Crippen molar-refractivity contribution in [2.45, 2.75) is 32.0 Å². The number of hydrogen-bond acceptors (Lipinski definition) is 7. The lowest BCUT2D eigenvalue weighted by molar-refractivity contribution is -0.118. The van der Waals surface area contributed by atoms with E-state index in [-0.39, 0.29) is 29.2 Å². The van der Waals surface area contributed by atoms with Crippen LogP contribution in [0.2, 0.25) is 0 Å². The first kappa shape index (κ1) is 19.6. The van der Waals surface area contributed by atoms with Crippen molar-refractivity contribution in [3.8, 4) is 0 Å². The second-order valence-corrected chi connectivity index (χ2v) is 7.13. The van der Waals surface area contributed by atoms with E-state index in [0.29, 0.717) is 17.8 Å². The van der Waals surface area contributed by atoms with Crippen LogP contribution in [0.3, 0.4) is 0 Å². The zero-order chi connectivity index (χ0) is 20.1. The Bertz CT molecular complexity index is 1080. The number of H-pyrrole nitrogens is 2. The van der Waals surface area contributed by atoms with Crippen LogP contribution in [0.4, 0.5) is 0 Å². The molecule has 28 heavy (non-hydrogen) atoms. The third-order valence-corrected chi connectivity index (χ3v) is 4.79.